The molecule has 0 N–H and O–H groups in total. The molecule has 128 valence electrons. The Morgan fingerprint density at radius 1 is 0.682 bits per heavy atom. The third-order valence-corrected chi connectivity index (χ3v) is 6.68. The monoisotopic (exact) mass is 306 g/mol. The van der Waals surface area contributed by atoms with E-state index in [2.05, 4.69) is 48.5 Å². The van der Waals surface area contributed by atoms with Gasteiger partial charge in [0, 0.05) is 5.92 Å². The number of rotatable bonds is 10. The van der Waals surface area contributed by atoms with Gasteiger partial charge < -0.3 is 4.48 Å². The van der Waals surface area contributed by atoms with Gasteiger partial charge in [0.15, 0.2) is 0 Å². The van der Waals surface area contributed by atoms with Gasteiger partial charge in [-0.2, -0.15) is 0 Å². The molecule has 1 heteroatoms. The van der Waals surface area contributed by atoms with Crippen LogP contribution in [0.3, 0.4) is 0 Å². The number of hydrogen-bond donors (Lipinski definition) is 0. The fourth-order valence-electron chi connectivity index (χ4n) is 4.17. The number of allylic oxidation sites excluding steroid dienone is 4. The Morgan fingerprint density at radius 3 is 1.59 bits per heavy atom. The Balaban J connectivity index is 2.27. The molecule has 1 aliphatic carbocycles. The molecule has 1 aliphatic rings. The van der Waals surface area contributed by atoms with Gasteiger partial charge in [-0.25, -0.2) is 0 Å². The topological polar surface area (TPSA) is 0 Å². The molecule has 0 heterocycles. The van der Waals surface area contributed by atoms with Gasteiger partial charge in [0.05, 0.1) is 26.2 Å². The van der Waals surface area contributed by atoms with Gasteiger partial charge in [-0.3, -0.25) is 0 Å². The standard InChI is InChI=1S/C21H40N/c1-8-22(9-2,10-3)16-14-12-11-13-15-21-19(6)17(4)18(5)20(21)7/h21H,8-16H2,1-7H3/q+1. The first-order valence-corrected chi connectivity index (χ1v) is 9.62. The smallest absolute Gasteiger partial charge is 0.0786 e. The van der Waals surface area contributed by atoms with Crippen molar-refractivity contribution in [3.8, 4) is 0 Å². The summed E-state index contributed by atoms with van der Waals surface area (Å²) in [4.78, 5) is 0. The summed E-state index contributed by atoms with van der Waals surface area (Å²) in [5.41, 5.74) is 6.37. The highest BCUT2D eigenvalue weighted by atomic mass is 15.3. The molecular formula is C21H40N+. The fourth-order valence-corrected chi connectivity index (χ4v) is 4.17. The molecule has 0 bridgehead atoms. The van der Waals surface area contributed by atoms with Crippen LogP contribution in [0.4, 0.5) is 0 Å². The maximum atomic E-state index is 2.35. The lowest BCUT2D eigenvalue weighted by Crippen LogP contribution is -2.48. The molecule has 1 rings (SSSR count). The van der Waals surface area contributed by atoms with Crippen LogP contribution in [0.15, 0.2) is 22.3 Å². The van der Waals surface area contributed by atoms with E-state index in [-0.39, 0.29) is 0 Å². The van der Waals surface area contributed by atoms with E-state index >= 15 is 0 Å². The van der Waals surface area contributed by atoms with Crippen molar-refractivity contribution in [1.82, 2.24) is 0 Å². The maximum Gasteiger partial charge on any atom is 0.0786 e. The summed E-state index contributed by atoms with van der Waals surface area (Å²) in [6, 6.07) is 0. The Bertz CT molecular complexity index is 377. The predicted molar refractivity (Wildman–Crippen MR) is 100 cm³/mol. The summed E-state index contributed by atoms with van der Waals surface area (Å²) in [6.45, 7) is 21.6. The minimum atomic E-state index is 0.747. The lowest BCUT2D eigenvalue weighted by Gasteiger charge is -2.35. The fraction of sp³-hybridized carbons (Fsp3) is 0.810. The number of quaternary nitrogens is 1. The highest BCUT2D eigenvalue weighted by Crippen LogP contribution is 2.39. The zero-order valence-electron chi connectivity index (χ0n) is 16.4. The van der Waals surface area contributed by atoms with Crippen LogP contribution in [0, 0.1) is 5.92 Å². The van der Waals surface area contributed by atoms with Crippen LogP contribution in [0.1, 0.15) is 80.6 Å². The molecule has 0 aliphatic heterocycles. The molecule has 0 atom stereocenters. The minimum absolute atomic E-state index is 0.747. The van der Waals surface area contributed by atoms with Crippen LogP contribution in [0.5, 0.6) is 0 Å². The molecule has 0 aromatic rings. The molecule has 0 saturated carbocycles. The molecule has 0 spiro atoms. The molecule has 0 amide bonds. The van der Waals surface area contributed by atoms with Crippen LogP contribution in [-0.4, -0.2) is 30.7 Å². The summed E-state index contributed by atoms with van der Waals surface area (Å²) in [5, 5.41) is 0. The van der Waals surface area contributed by atoms with Gasteiger partial charge in [0.2, 0.25) is 0 Å². The van der Waals surface area contributed by atoms with E-state index in [4.69, 9.17) is 0 Å². The van der Waals surface area contributed by atoms with Crippen LogP contribution in [0.2, 0.25) is 0 Å². The molecule has 1 nitrogen and oxygen atoms in total. The summed E-state index contributed by atoms with van der Waals surface area (Å²) < 4.78 is 1.31. The summed E-state index contributed by atoms with van der Waals surface area (Å²) in [5.74, 6) is 0.747. The first-order valence-electron chi connectivity index (χ1n) is 9.62. The van der Waals surface area contributed by atoms with Gasteiger partial charge in [0.25, 0.3) is 0 Å². The van der Waals surface area contributed by atoms with Gasteiger partial charge in [-0.1, -0.05) is 24.0 Å². The largest absolute Gasteiger partial charge is 0.324 e. The molecule has 0 radical (unpaired) electrons. The Morgan fingerprint density at radius 2 is 1.14 bits per heavy atom. The number of unbranched alkanes of at least 4 members (excludes halogenated alkanes) is 3. The molecule has 0 aromatic carbocycles. The number of nitrogens with zero attached hydrogens (tertiary/aromatic N) is 1. The van der Waals surface area contributed by atoms with Crippen molar-refractivity contribution >= 4 is 0 Å². The average Bonchev–Trinajstić information content (AvgIpc) is 2.72. The van der Waals surface area contributed by atoms with Crippen molar-refractivity contribution in [2.75, 3.05) is 26.2 Å². The second-order valence-electron chi connectivity index (χ2n) is 7.39. The maximum absolute atomic E-state index is 2.35. The lowest BCUT2D eigenvalue weighted by molar-refractivity contribution is -0.923. The highest BCUT2D eigenvalue weighted by molar-refractivity contribution is 5.46. The first-order chi connectivity index (χ1) is 10.4. The quantitative estimate of drug-likeness (QED) is 0.337. The van der Waals surface area contributed by atoms with E-state index in [1.807, 2.05) is 0 Å². The molecule has 0 fully saturated rings. The molecule has 0 aromatic heterocycles. The molecular weight excluding hydrogens is 266 g/mol. The second-order valence-corrected chi connectivity index (χ2v) is 7.39. The van der Waals surface area contributed by atoms with E-state index < -0.39 is 0 Å². The van der Waals surface area contributed by atoms with Crippen molar-refractivity contribution < 1.29 is 4.48 Å². The Hall–Kier alpha value is -0.560. The summed E-state index contributed by atoms with van der Waals surface area (Å²) >= 11 is 0. The van der Waals surface area contributed by atoms with Crippen LogP contribution in [-0.2, 0) is 0 Å². The van der Waals surface area contributed by atoms with Crippen molar-refractivity contribution in [3.63, 3.8) is 0 Å². The third kappa shape index (κ3) is 4.47. The van der Waals surface area contributed by atoms with E-state index in [0.29, 0.717) is 0 Å². The van der Waals surface area contributed by atoms with Crippen molar-refractivity contribution in [1.29, 1.82) is 0 Å². The van der Waals surface area contributed by atoms with Crippen LogP contribution < -0.4 is 0 Å². The number of hydrogen-bond acceptors (Lipinski definition) is 0. The molecule has 22 heavy (non-hydrogen) atoms. The van der Waals surface area contributed by atoms with Gasteiger partial charge in [0.1, 0.15) is 0 Å². The van der Waals surface area contributed by atoms with E-state index in [0.717, 1.165) is 5.92 Å². The third-order valence-electron chi connectivity index (χ3n) is 6.68. The zero-order valence-corrected chi connectivity index (χ0v) is 16.4. The van der Waals surface area contributed by atoms with Crippen molar-refractivity contribution in [2.24, 2.45) is 5.92 Å². The minimum Gasteiger partial charge on any atom is -0.324 e. The summed E-state index contributed by atoms with van der Waals surface area (Å²) in [7, 11) is 0. The van der Waals surface area contributed by atoms with Gasteiger partial charge in [-0.15, -0.1) is 0 Å². The van der Waals surface area contributed by atoms with Crippen LogP contribution in [0.25, 0.3) is 0 Å². The Kier molecular flexibility index (Phi) is 7.89. The molecule has 0 unspecified atom stereocenters. The van der Waals surface area contributed by atoms with E-state index in [1.54, 1.807) is 22.3 Å². The van der Waals surface area contributed by atoms with Crippen molar-refractivity contribution in [2.45, 2.75) is 80.6 Å². The predicted octanol–water partition coefficient (Wildman–Crippen LogP) is 6.12. The lowest BCUT2D eigenvalue weighted by atomic mass is 9.91. The van der Waals surface area contributed by atoms with Crippen LogP contribution >= 0.6 is 0 Å². The second kappa shape index (κ2) is 8.91. The highest BCUT2D eigenvalue weighted by Gasteiger charge is 2.23. The Labute approximate surface area is 140 Å². The summed E-state index contributed by atoms with van der Waals surface area (Å²) in [6.07, 6.45) is 6.98. The molecule has 0 saturated heterocycles. The van der Waals surface area contributed by atoms with Gasteiger partial charge in [-0.05, 0) is 78.9 Å². The van der Waals surface area contributed by atoms with Crippen molar-refractivity contribution in [3.05, 3.63) is 22.3 Å². The normalized spacial score (nSPS) is 17.0. The zero-order chi connectivity index (χ0) is 16.8. The average molecular weight is 307 g/mol. The van der Waals surface area contributed by atoms with Gasteiger partial charge >= 0.3 is 0 Å². The van der Waals surface area contributed by atoms with E-state index in [9.17, 15) is 0 Å². The SMILES string of the molecule is CC[N+](CC)(CC)CCCCCCC1C(C)=C(C)C(C)=C1C. The van der Waals surface area contributed by atoms with E-state index in [1.165, 1.54) is 62.8 Å². The first kappa shape index (κ1) is 19.5.